The van der Waals surface area contributed by atoms with E-state index >= 15 is 0 Å². The summed E-state index contributed by atoms with van der Waals surface area (Å²) < 4.78 is 0. The van der Waals surface area contributed by atoms with Gasteiger partial charge < -0.3 is 11.1 Å². The van der Waals surface area contributed by atoms with Gasteiger partial charge >= 0.3 is 0 Å². The van der Waals surface area contributed by atoms with Crippen LogP contribution in [0.15, 0.2) is 36.4 Å². The number of rotatable bonds is 2. The van der Waals surface area contributed by atoms with Gasteiger partial charge in [-0.15, -0.1) is 0 Å². The maximum absolute atomic E-state index is 12.1. The van der Waals surface area contributed by atoms with Crippen molar-refractivity contribution in [1.29, 1.82) is 0 Å². The molecule has 3 N–H and O–H groups in total. The molecule has 0 saturated carbocycles. The molecule has 0 fully saturated rings. The summed E-state index contributed by atoms with van der Waals surface area (Å²) in [4.78, 5) is 12.1. The predicted molar refractivity (Wildman–Crippen MR) is 80.3 cm³/mol. The van der Waals surface area contributed by atoms with Crippen LogP contribution in [0.3, 0.4) is 0 Å². The molecule has 0 aromatic heterocycles. The number of nitrogen functional groups attached to an aromatic ring is 1. The standard InChI is InChI=1S/C13H9Cl3N2O/c14-8-4-1-3-7(11(8)17)13(19)18-12-9(15)5-2-6-10(12)16/h1-6H,17H2,(H,18,19). The molecule has 0 unspecified atom stereocenters. The Balaban J connectivity index is 2.34. The molecule has 0 aliphatic carbocycles. The van der Waals surface area contributed by atoms with Crippen molar-refractivity contribution in [2.75, 3.05) is 11.1 Å². The molecule has 0 saturated heterocycles. The Labute approximate surface area is 125 Å². The van der Waals surface area contributed by atoms with Crippen molar-refractivity contribution in [2.45, 2.75) is 0 Å². The Morgan fingerprint density at radius 3 is 2.11 bits per heavy atom. The molecule has 6 heteroatoms. The average molecular weight is 316 g/mol. The first-order chi connectivity index (χ1) is 9.00. The van der Waals surface area contributed by atoms with Crippen LogP contribution in [0.1, 0.15) is 10.4 Å². The summed E-state index contributed by atoms with van der Waals surface area (Å²) in [6, 6.07) is 9.77. The van der Waals surface area contributed by atoms with E-state index in [2.05, 4.69) is 5.32 Å². The summed E-state index contributed by atoms with van der Waals surface area (Å²) in [5, 5.41) is 3.64. The number of carbonyl (C=O) groups excluding carboxylic acids is 1. The van der Waals surface area contributed by atoms with Crippen molar-refractivity contribution in [3.8, 4) is 0 Å². The van der Waals surface area contributed by atoms with Crippen molar-refractivity contribution in [3.05, 3.63) is 57.0 Å². The summed E-state index contributed by atoms with van der Waals surface area (Å²) >= 11 is 17.8. The second-order valence-electron chi connectivity index (χ2n) is 3.75. The second-order valence-corrected chi connectivity index (χ2v) is 4.97. The van der Waals surface area contributed by atoms with Crippen molar-refractivity contribution in [3.63, 3.8) is 0 Å². The van der Waals surface area contributed by atoms with Gasteiger partial charge in [0.2, 0.25) is 0 Å². The number of nitrogens with two attached hydrogens (primary N) is 1. The van der Waals surface area contributed by atoms with E-state index in [1.54, 1.807) is 36.4 Å². The van der Waals surface area contributed by atoms with E-state index in [4.69, 9.17) is 40.5 Å². The topological polar surface area (TPSA) is 55.1 Å². The van der Waals surface area contributed by atoms with Gasteiger partial charge in [-0.25, -0.2) is 0 Å². The lowest BCUT2D eigenvalue weighted by Crippen LogP contribution is -2.14. The fraction of sp³-hybridized carbons (Fsp3) is 0. The van der Waals surface area contributed by atoms with Crippen LogP contribution in [0.25, 0.3) is 0 Å². The van der Waals surface area contributed by atoms with Crippen LogP contribution < -0.4 is 11.1 Å². The van der Waals surface area contributed by atoms with E-state index in [0.29, 0.717) is 20.8 Å². The molecule has 0 heterocycles. The molecule has 0 bridgehead atoms. The number of hydrogen-bond donors (Lipinski definition) is 2. The highest BCUT2D eigenvalue weighted by atomic mass is 35.5. The zero-order chi connectivity index (χ0) is 14.0. The van der Waals surface area contributed by atoms with Gasteiger partial charge in [0.05, 0.1) is 32.0 Å². The summed E-state index contributed by atoms with van der Waals surface area (Å²) in [5.74, 6) is -0.421. The normalized spacial score (nSPS) is 10.3. The van der Waals surface area contributed by atoms with Crippen molar-refractivity contribution in [1.82, 2.24) is 0 Å². The maximum atomic E-state index is 12.1. The number of hydrogen-bond acceptors (Lipinski definition) is 2. The predicted octanol–water partition coefficient (Wildman–Crippen LogP) is 4.48. The lowest BCUT2D eigenvalue weighted by Gasteiger charge is -2.11. The van der Waals surface area contributed by atoms with Gasteiger partial charge in [0.1, 0.15) is 0 Å². The first-order valence-electron chi connectivity index (χ1n) is 5.30. The third-order valence-corrected chi connectivity index (χ3v) is 3.46. The summed E-state index contributed by atoms with van der Waals surface area (Å²) in [6.07, 6.45) is 0. The Hall–Kier alpha value is -1.42. The highest BCUT2D eigenvalue weighted by molar-refractivity contribution is 6.40. The smallest absolute Gasteiger partial charge is 0.257 e. The molecular weight excluding hydrogens is 307 g/mol. The van der Waals surface area contributed by atoms with Crippen LogP contribution in [-0.4, -0.2) is 5.91 Å². The first-order valence-corrected chi connectivity index (χ1v) is 6.43. The maximum Gasteiger partial charge on any atom is 0.257 e. The van der Waals surface area contributed by atoms with Crippen LogP contribution in [0, 0.1) is 0 Å². The monoisotopic (exact) mass is 314 g/mol. The minimum absolute atomic E-state index is 0.213. The van der Waals surface area contributed by atoms with Gasteiger partial charge in [-0.2, -0.15) is 0 Å². The van der Waals surface area contributed by atoms with Crippen molar-refractivity contribution >= 4 is 52.1 Å². The second kappa shape index (κ2) is 5.70. The molecule has 2 aromatic rings. The summed E-state index contributed by atoms with van der Waals surface area (Å²) in [7, 11) is 0. The van der Waals surface area contributed by atoms with Gasteiger partial charge in [0.15, 0.2) is 0 Å². The van der Waals surface area contributed by atoms with E-state index in [1.807, 2.05) is 0 Å². The Bertz CT molecular complexity index is 624. The zero-order valence-corrected chi connectivity index (χ0v) is 11.9. The minimum atomic E-state index is -0.421. The highest BCUT2D eigenvalue weighted by Crippen LogP contribution is 2.31. The van der Waals surface area contributed by atoms with Crippen molar-refractivity contribution < 1.29 is 4.79 Å². The number of benzene rings is 2. The van der Waals surface area contributed by atoms with Gasteiger partial charge in [-0.1, -0.05) is 46.9 Å². The molecule has 0 radical (unpaired) electrons. The number of amides is 1. The highest BCUT2D eigenvalue weighted by Gasteiger charge is 2.14. The molecule has 0 atom stereocenters. The van der Waals surface area contributed by atoms with Crippen LogP contribution in [0.5, 0.6) is 0 Å². The van der Waals surface area contributed by atoms with E-state index in [-0.39, 0.29) is 11.3 Å². The molecule has 1 amide bonds. The Morgan fingerprint density at radius 2 is 1.47 bits per heavy atom. The molecule has 98 valence electrons. The van der Waals surface area contributed by atoms with Gasteiger partial charge in [-0.3, -0.25) is 4.79 Å². The molecular formula is C13H9Cl3N2O. The van der Waals surface area contributed by atoms with Gasteiger partial charge in [0, 0.05) is 0 Å². The number of para-hydroxylation sites is 2. The number of anilines is 2. The molecule has 2 rings (SSSR count). The molecule has 19 heavy (non-hydrogen) atoms. The molecule has 0 aliphatic rings. The van der Waals surface area contributed by atoms with E-state index < -0.39 is 5.91 Å². The van der Waals surface area contributed by atoms with Gasteiger partial charge in [-0.05, 0) is 24.3 Å². The van der Waals surface area contributed by atoms with E-state index in [1.165, 1.54) is 0 Å². The third kappa shape index (κ3) is 2.95. The molecule has 0 aliphatic heterocycles. The summed E-state index contributed by atoms with van der Waals surface area (Å²) in [5.41, 5.74) is 6.58. The lowest BCUT2D eigenvalue weighted by molar-refractivity contribution is 0.102. The number of carbonyl (C=O) groups is 1. The van der Waals surface area contributed by atoms with Crippen LogP contribution in [-0.2, 0) is 0 Å². The van der Waals surface area contributed by atoms with Gasteiger partial charge in [0.25, 0.3) is 5.91 Å². The van der Waals surface area contributed by atoms with E-state index in [9.17, 15) is 4.79 Å². The first kappa shape index (κ1) is 14.0. The molecule has 2 aromatic carbocycles. The van der Waals surface area contributed by atoms with Crippen LogP contribution >= 0.6 is 34.8 Å². The van der Waals surface area contributed by atoms with E-state index in [0.717, 1.165) is 0 Å². The molecule has 0 spiro atoms. The fourth-order valence-corrected chi connectivity index (χ4v) is 2.20. The third-order valence-electron chi connectivity index (χ3n) is 2.50. The number of nitrogens with one attached hydrogen (secondary N) is 1. The largest absolute Gasteiger partial charge is 0.397 e. The quantitative estimate of drug-likeness (QED) is 0.803. The Kier molecular flexibility index (Phi) is 4.20. The molecule has 3 nitrogen and oxygen atoms in total. The number of halogens is 3. The average Bonchev–Trinajstić information content (AvgIpc) is 2.37. The summed E-state index contributed by atoms with van der Waals surface area (Å²) in [6.45, 7) is 0. The van der Waals surface area contributed by atoms with Crippen molar-refractivity contribution in [2.24, 2.45) is 0 Å². The zero-order valence-electron chi connectivity index (χ0n) is 9.58. The van der Waals surface area contributed by atoms with Crippen LogP contribution in [0.4, 0.5) is 11.4 Å². The Morgan fingerprint density at radius 1 is 0.947 bits per heavy atom. The lowest BCUT2D eigenvalue weighted by atomic mass is 10.1. The SMILES string of the molecule is Nc1c(Cl)cccc1C(=O)Nc1c(Cl)cccc1Cl. The minimum Gasteiger partial charge on any atom is -0.397 e. The fourth-order valence-electron chi connectivity index (χ4n) is 1.53. The van der Waals surface area contributed by atoms with Crippen LogP contribution in [0.2, 0.25) is 15.1 Å².